The number of fused-ring (bicyclic) bond motifs is 2. The van der Waals surface area contributed by atoms with Gasteiger partial charge in [0, 0.05) is 29.4 Å². The van der Waals surface area contributed by atoms with Crippen molar-refractivity contribution in [2.45, 2.75) is 18.9 Å². The molecule has 0 bridgehead atoms. The highest BCUT2D eigenvalue weighted by atomic mass is 16.7. The Morgan fingerprint density at radius 2 is 2.06 bits per heavy atom. The molecule has 1 aliphatic rings. The molecule has 2 aromatic carbocycles. The lowest BCUT2D eigenvalue weighted by molar-refractivity contribution is -0.121. The number of hydrogen-bond acceptors (Lipinski definition) is 5. The number of aromatic nitrogens is 1. The van der Waals surface area contributed by atoms with Gasteiger partial charge >= 0.3 is 0 Å². The Labute approximate surface area is 178 Å². The van der Waals surface area contributed by atoms with E-state index in [2.05, 4.69) is 10.3 Å². The zero-order chi connectivity index (χ0) is 21.2. The molecule has 0 unspecified atom stereocenters. The van der Waals surface area contributed by atoms with Crippen molar-refractivity contribution in [3.63, 3.8) is 0 Å². The van der Waals surface area contributed by atoms with Crippen molar-refractivity contribution < 1.29 is 23.4 Å². The summed E-state index contributed by atoms with van der Waals surface area (Å²) in [5.74, 6) is 2.57. The summed E-state index contributed by atoms with van der Waals surface area (Å²) >= 11 is 0. The summed E-state index contributed by atoms with van der Waals surface area (Å²) in [5.41, 5.74) is 2.90. The van der Waals surface area contributed by atoms with E-state index in [1.165, 1.54) is 0 Å². The zero-order valence-electron chi connectivity index (χ0n) is 17.0. The molecule has 1 aliphatic heterocycles. The van der Waals surface area contributed by atoms with Crippen LogP contribution < -0.4 is 19.5 Å². The average Bonchev–Trinajstić information content (AvgIpc) is 3.56. The number of rotatable bonds is 7. The second-order valence-corrected chi connectivity index (χ2v) is 7.35. The van der Waals surface area contributed by atoms with E-state index in [9.17, 15) is 4.79 Å². The Hall–Kier alpha value is -3.87. The predicted molar refractivity (Wildman–Crippen MR) is 114 cm³/mol. The molecule has 1 atom stereocenters. The van der Waals surface area contributed by atoms with Crippen LogP contribution in [0.5, 0.6) is 17.2 Å². The fourth-order valence-corrected chi connectivity index (χ4v) is 4.02. The lowest BCUT2D eigenvalue weighted by atomic mass is 9.87. The van der Waals surface area contributed by atoms with Crippen LogP contribution in [0.3, 0.4) is 0 Å². The lowest BCUT2D eigenvalue weighted by Crippen LogP contribution is -2.24. The number of aromatic amines is 1. The van der Waals surface area contributed by atoms with E-state index >= 15 is 0 Å². The number of benzene rings is 2. The highest BCUT2D eigenvalue weighted by Crippen LogP contribution is 2.41. The second kappa shape index (κ2) is 8.10. The summed E-state index contributed by atoms with van der Waals surface area (Å²) in [6.45, 7) is 0.547. The minimum Gasteiger partial charge on any atom is -0.496 e. The first-order chi connectivity index (χ1) is 15.2. The molecule has 31 heavy (non-hydrogen) atoms. The Bertz CT molecular complexity index is 1210. The van der Waals surface area contributed by atoms with Gasteiger partial charge in [0.25, 0.3) is 0 Å². The minimum absolute atomic E-state index is 0.0803. The molecular weight excluding hydrogens is 396 g/mol. The van der Waals surface area contributed by atoms with Crippen molar-refractivity contribution in [3.8, 4) is 17.2 Å². The molecule has 7 nitrogen and oxygen atoms in total. The first-order valence-corrected chi connectivity index (χ1v) is 10.1. The van der Waals surface area contributed by atoms with Gasteiger partial charge in [-0.15, -0.1) is 0 Å². The number of furan rings is 1. The van der Waals surface area contributed by atoms with Gasteiger partial charge in [-0.05, 0) is 47.5 Å². The third kappa shape index (κ3) is 3.70. The summed E-state index contributed by atoms with van der Waals surface area (Å²) in [4.78, 5) is 16.2. The first kappa shape index (κ1) is 19.1. The normalized spacial score (nSPS) is 13.3. The van der Waals surface area contributed by atoms with Gasteiger partial charge in [0.05, 0.1) is 19.9 Å². The fourth-order valence-electron chi connectivity index (χ4n) is 4.02. The van der Waals surface area contributed by atoms with Gasteiger partial charge in [-0.3, -0.25) is 4.79 Å². The van der Waals surface area contributed by atoms with Gasteiger partial charge in [0.15, 0.2) is 11.5 Å². The van der Waals surface area contributed by atoms with E-state index < -0.39 is 0 Å². The number of carbonyl (C=O) groups is 1. The van der Waals surface area contributed by atoms with Crippen LogP contribution >= 0.6 is 0 Å². The van der Waals surface area contributed by atoms with Crippen molar-refractivity contribution in [2.24, 2.45) is 0 Å². The van der Waals surface area contributed by atoms with Crippen LogP contribution in [0.1, 0.15) is 29.2 Å². The maximum absolute atomic E-state index is 12.9. The molecule has 1 amide bonds. The largest absolute Gasteiger partial charge is 0.496 e. The zero-order valence-corrected chi connectivity index (χ0v) is 17.0. The number of methoxy groups -OCH3 is 1. The standard InChI is InChI=1S/C24H22N2O5/c1-28-21-6-2-5-19-24(21)18(13-25-19)17(11-23(27)26-12-16-4-3-9-29-16)15-7-8-20-22(10-15)31-14-30-20/h2-10,13,17,25H,11-12,14H2,1H3,(H,26,27)/t17-/m0/s1. The third-order valence-electron chi connectivity index (χ3n) is 5.52. The van der Waals surface area contributed by atoms with Crippen LogP contribution in [0.15, 0.2) is 65.4 Å². The monoisotopic (exact) mass is 418 g/mol. The molecule has 0 saturated heterocycles. The average molecular weight is 418 g/mol. The number of ether oxygens (including phenoxy) is 3. The molecule has 4 aromatic rings. The number of carbonyl (C=O) groups excluding carboxylic acids is 1. The quantitative estimate of drug-likeness (QED) is 0.466. The van der Waals surface area contributed by atoms with Crippen LogP contribution in [-0.4, -0.2) is 24.8 Å². The van der Waals surface area contributed by atoms with Gasteiger partial charge in [0.2, 0.25) is 12.7 Å². The summed E-state index contributed by atoms with van der Waals surface area (Å²) in [5, 5.41) is 3.91. The lowest BCUT2D eigenvalue weighted by Gasteiger charge is -2.18. The number of nitrogens with one attached hydrogen (secondary N) is 2. The molecule has 0 fully saturated rings. The number of H-pyrrole nitrogens is 1. The molecule has 158 valence electrons. The Morgan fingerprint density at radius 1 is 1.16 bits per heavy atom. The molecule has 7 heteroatoms. The maximum atomic E-state index is 12.9. The first-order valence-electron chi connectivity index (χ1n) is 10.1. The topological polar surface area (TPSA) is 85.7 Å². The van der Waals surface area contributed by atoms with Crippen LogP contribution in [0, 0.1) is 0 Å². The Kier molecular flexibility index (Phi) is 5.00. The number of amides is 1. The SMILES string of the molecule is COc1cccc2[nH]cc([C@@H](CC(=O)NCc3ccco3)c3ccc4c(c3)OCO4)c12. The second-order valence-electron chi connectivity index (χ2n) is 7.35. The summed E-state index contributed by atoms with van der Waals surface area (Å²) in [6, 6.07) is 15.3. The van der Waals surface area contributed by atoms with E-state index in [0.29, 0.717) is 23.8 Å². The van der Waals surface area contributed by atoms with Crippen molar-refractivity contribution in [1.82, 2.24) is 10.3 Å². The third-order valence-corrected chi connectivity index (χ3v) is 5.52. The Morgan fingerprint density at radius 3 is 2.90 bits per heavy atom. The minimum atomic E-state index is -0.212. The van der Waals surface area contributed by atoms with Gasteiger partial charge in [-0.2, -0.15) is 0 Å². The van der Waals surface area contributed by atoms with E-state index in [1.807, 2.05) is 48.7 Å². The van der Waals surface area contributed by atoms with Crippen molar-refractivity contribution >= 4 is 16.8 Å². The molecule has 2 aromatic heterocycles. The fraction of sp³-hybridized carbons (Fsp3) is 0.208. The summed E-state index contributed by atoms with van der Waals surface area (Å²) < 4.78 is 22.0. The van der Waals surface area contributed by atoms with Crippen LogP contribution in [-0.2, 0) is 11.3 Å². The van der Waals surface area contributed by atoms with Crippen LogP contribution in [0.4, 0.5) is 0 Å². The maximum Gasteiger partial charge on any atom is 0.231 e. The molecule has 3 heterocycles. The molecule has 0 spiro atoms. The van der Waals surface area contributed by atoms with Crippen molar-refractivity contribution in [2.75, 3.05) is 13.9 Å². The number of hydrogen-bond donors (Lipinski definition) is 2. The predicted octanol–water partition coefficient (Wildman–Crippen LogP) is 4.34. The van der Waals surface area contributed by atoms with Crippen LogP contribution in [0.2, 0.25) is 0 Å². The summed E-state index contributed by atoms with van der Waals surface area (Å²) in [7, 11) is 1.65. The molecule has 2 N–H and O–H groups in total. The van der Waals surface area contributed by atoms with Gasteiger partial charge < -0.3 is 28.9 Å². The molecule has 5 rings (SSSR count). The van der Waals surface area contributed by atoms with E-state index in [0.717, 1.165) is 27.8 Å². The molecular formula is C24H22N2O5. The van der Waals surface area contributed by atoms with Gasteiger partial charge in [-0.1, -0.05) is 12.1 Å². The molecule has 0 radical (unpaired) electrons. The van der Waals surface area contributed by atoms with Gasteiger partial charge in [-0.25, -0.2) is 0 Å². The van der Waals surface area contributed by atoms with E-state index in [1.54, 1.807) is 19.4 Å². The van der Waals surface area contributed by atoms with E-state index in [-0.39, 0.29) is 25.0 Å². The highest BCUT2D eigenvalue weighted by Gasteiger charge is 2.25. The van der Waals surface area contributed by atoms with E-state index in [4.69, 9.17) is 18.6 Å². The van der Waals surface area contributed by atoms with Gasteiger partial charge in [0.1, 0.15) is 11.5 Å². The molecule has 0 saturated carbocycles. The van der Waals surface area contributed by atoms with Crippen molar-refractivity contribution in [3.05, 3.63) is 77.9 Å². The highest BCUT2D eigenvalue weighted by molar-refractivity contribution is 5.91. The summed E-state index contributed by atoms with van der Waals surface area (Å²) in [6.07, 6.45) is 3.79. The van der Waals surface area contributed by atoms with Crippen molar-refractivity contribution in [1.29, 1.82) is 0 Å². The van der Waals surface area contributed by atoms with Crippen LogP contribution in [0.25, 0.3) is 10.9 Å². The molecule has 0 aliphatic carbocycles. The smallest absolute Gasteiger partial charge is 0.231 e. The Balaban J connectivity index is 1.51.